The van der Waals surface area contributed by atoms with Gasteiger partial charge in [0.05, 0.1) is 16.1 Å². The van der Waals surface area contributed by atoms with Gasteiger partial charge in [0.25, 0.3) is 5.91 Å². The Kier molecular flexibility index (Phi) is 8.07. The number of nitrogens with zero attached hydrogens (tertiary/aromatic N) is 3. The summed E-state index contributed by atoms with van der Waals surface area (Å²) in [7, 11) is -3.70. The zero-order valence-electron chi connectivity index (χ0n) is 22.4. The van der Waals surface area contributed by atoms with Crippen LogP contribution < -0.4 is 5.32 Å². The van der Waals surface area contributed by atoms with E-state index in [1.54, 1.807) is 10.5 Å². The lowest BCUT2D eigenvalue weighted by Crippen LogP contribution is -2.38. The van der Waals surface area contributed by atoms with Gasteiger partial charge >= 0.3 is 10.2 Å². The molecule has 10 heteroatoms. The summed E-state index contributed by atoms with van der Waals surface area (Å²) in [5, 5.41) is 4.50. The number of carbonyl (C=O) groups excluding carboxylic acids is 1. The highest BCUT2D eigenvalue weighted by Gasteiger charge is 2.30. The van der Waals surface area contributed by atoms with Crippen molar-refractivity contribution in [2.45, 2.75) is 76.7 Å². The number of piperidine rings is 1. The molecule has 0 unspecified atom stereocenters. The Morgan fingerprint density at radius 3 is 2.49 bits per heavy atom. The van der Waals surface area contributed by atoms with E-state index >= 15 is 0 Å². The molecule has 1 aliphatic carbocycles. The van der Waals surface area contributed by atoms with Crippen molar-refractivity contribution in [2.75, 3.05) is 26.3 Å². The highest BCUT2D eigenvalue weighted by atomic mass is 32.2. The largest absolute Gasteiger partial charge is 0.381 e. The van der Waals surface area contributed by atoms with Gasteiger partial charge in [-0.05, 0) is 44.1 Å². The van der Waals surface area contributed by atoms with Crippen molar-refractivity contribution in [1.29, 1.82) is 0 Å². The van der Waals surface area contributed by atoms with Gasteiger partial charge in [-0.1, -0.05) is 56.7 Å². The molecule has 3 fully saturated rings. The van der Waals surface area contributed by atoms with Crippen molar-refractivity contribution < 1.29 is 17.9 Å². The zero-order chi connectivity index (χ0) is 26.8. The first kappa shape index (κ1) is 26.9. The first-order valence-corrected chi connectivity index (χ1v) is 16.7. The van der Waals surface area contributed by atoms with Gasteiger partial charge in [-0.25, -0.2) is 8.96 Å². The van der Waals surface area contributed by atoms with Crippen LogP contribution in [0, 0.1) is 5.92 Å². The molecule has 0 spiro atoms. The first-order valence-electron chi connectivity index (χ1n) is 14.5. The number of para-hydroxylation sites is 1. The minimum absolute atomic E-state index is 0.0944. The molecule has 1 N–H and O–H groups in total. The van der Waals surface area contributed by atoms with Gasteiger partial charge in [0.1, 0.15) is 0 Å². The molecule has 2 aromatic heterocycles. The van der Waals surface area contributed by atoms with E-state index in [1.165, 1.54) is 47.4 Å². The van der Waals surface area contributed by atoms with Crippen LogP contribution in [0.3, 0.4) is 0 Å². The lowest BCUT2D eigenvalue weighted by Gasteiger charge is -2.26. The van der Waals surface area contributed by atoms with Crippen LogP contribution in [0.15, 0.2) is 30.5 Å². The van der Waals surface area contributed by atoms with E-state index in [2.05, 4.69) is 5.32 Å². The molecule has 1 amide bonds. The van der Waals surface area contributed by atoms with Crippen molar-refractivity contribution >= 4 is 38.4 Å². The van der Waals surface area contributed by atoms with Crippen LogP contribution in [-0.2, 0) is 21.4 Å². The molecule has 2 saturated heterocycles. The van der Waals surface area contributed by atoms with E-state index in [9.17, 15) is 13.2 Å². The lowest BCUT2D eigenvalue weighted by atomic mass is 9.85. The number of carbonyl (C=O) groups is 1. The maximum absolute atomic E-state index is 13.8. The molecule has 4 heterocycles. The molecule has 3 aromatic rings. The third-order valence-corrected chi connectivity index (χ3v) is 11.4. The summed E-state index contributed by atoms with van der Waals surface area (Å²) in [6.07, 6.45) is 13.1. The Labute approximate surface area is 234 Å². The average Bonchev–Trinajstić information content (AvgIpc) is 3.57. The summed E-state index contributed by atoms with van der Waals surface area (Å²) in [4.78, 5) is 19.2. The normalized spacial score (nSPS) is 20.4. The Bertz CT molecular complexity index is 1410. The molecule has 0 radical (unpaired) electrons. The standard InChI is InChI=1S/C29H38N4O4S2/c34-28(30-22-13-17-37-18-14-22)29-31-25(19-21-9-3-1-4-10-21)27(38-29)24-20-33(26-12-6-5-11-23(24)26)39(35,36)32-15-7-2-8-16-32/h5-6,11-12,20-22H,1-4,7-10,13-19H2,(H,30,34). The van der Waals surface area contributed by atoms with Gasteiger partial charge in [-0.15, -0.1) is 11.3 Å². The number of thiazole rings is 1. The molecule has 1 aromatic carbocycles. The fraction of sp³-hybridized carbons (Fsp3) is 0.586. The number of hydrogen-bond donors (Lipinski definition) is 1. The van der Waals surface area contributed by atoms with Crippen LogP contribution >= 0.6 is 11.3 Å². The van der Waals surface area contributed by atoms with Crippen molar-refractivity contribution in [3.63, 3.8) is 0 Å². The van der Waals surface area contributed by atoms with E-state index < -0.39 is 10.2 Å². The van der Waals surface area contributed by atoms with Crippen LogP contribution in [0.4, 0.5) is 0 Å². The number of ether oxygens (including phenoxy) is 1. The van der Waals surface area contributed by atoms with Crippen LogP contribution in [0.25, 0.3) is 21.3 Å². The van der Waals surface area contributed by atoms with E-state index in [4.69, 9.17) is 9.72 Å². The number of aromatic nitrogens is 2. The monoisotopic (exact) mass is 570 g/mol. The smallest absolute Gasteiger partial charge is 0.307 e. The summed E-state index contributed by atoms with van der Waals surface area (Å²) in [5.41, 5.74) is 2.44. The molecule has 39 heavy (non-hydrogen) atoms. The Hall–Kier alpha value is -2.27. The third kappa shape index (κ3) is 5.66. The number of benzene rings is 1. The van der Waals surface area contributed by atoms with Crippen LogP contribution in [0.5, 0.6) is 0 Å². The number of hydrogen-bond acceptors (Lipinski definition) is 6. The molecular formula is C29H38N4O4S2. The molecule has 8 nitrogen and oxygen atoms in total. The van der Waals surface area contributed by atoms with E-state index in [1.807, 2.05) is 24.3 Å². The Morgan fingerprint density at radius 1 is 1.00 bits per heavy atom. The summed E-state index contributed by atoms with van der Waals surface area (Å²) in [6, 6.07) is 7.79. The summed E-state index contributed by atoms with van der Waals surface area (Å²) < 4.78 is 36.1. The molecule has 3 aliphatic rings. The van der Waals surface area contributed by atoms with E-state index in [0.717, 1.165) is 60.0 Å². The number of fused-ring (bicyclic) bond motifs is 1. The molecule has 210 valence electrons. The molecule has 1 saturated carbocycles. The highest BCUT2D eigenvalue weighted by molar-refractivity contribution is 7.87. The van der Waals surface area contributed by atoms with Crippen molar-refractivity contribution in [1.82, 2.24) is 18.6 Å². The lowest BCUT2D eigenvalue weighted by molar-refractivity contribution is 0.0696. The summed E-state index contributed by atoms with van der Waals surface area (Å²) in [6.45, 7) is 2.42. The molecule has 0 atom stereocenters. The SMILES string of the molecule is O=C(NC1CCOCC1)c1nc(CC2CCCCC2)c(-c2cn(S(=O)(=O)N3CCCCC3)c3ccccc23)s1. The second kappa shape index (κ2) is 11.7. The second-order valence-electron chi connectivity index (χ2n) is 11.2. The van der Waals surface area contributed by atoms with Crippen molar-refractivity contribution in [3.05, 3.63) is 41.2 Å². The Morgan fingerprint density at radius 2 is 1.72 bits per heavy atom. The van der Waals surface area contributed by atoms with Crippen molar-refractivity contribution in [3.8, 4) is 10.4 Å². The Balaban J connectivity index is 1.40. The predicted molar refractivity (Wildman–Crippen MR) is 154 cm³/mol. The fourth-order valence-corrected chi connectivity index (χ4v) is 8.93. The average molecular weight is 571 g/mol. The van der Waals surface area contributed by atoms with Gasteiger partial charge in [0, 0.05) is 49.5 Å². The van der Waals surface area contributed by atoms with Gasteiger partial charge < -0.3 is 10.1 Å². The highest BCUT2D eigenvalue weighted by Crippen LogP contribution is 2.40. The van der Waals surface area contributed by atoms with Crippen LogP contribution in [0.2, 0.25) is 0 Å². The maximum Gasteiger partial charge on any atom is 0.307 e. The fourth-order valence-electron chi connectivity index (χ4n) is 6.29. The van der Waals surface area contributed by atoms with Gasteiger partial charge in [-0.3, -0.25) is 4.79 Å². The first-order chi connectivity index (χ1) is 19.0. The summed E-state index contributed by atoms with van der Waals surface area (Å²) >= 11 is 1.40. The molecule has 0 bridgehead atoms. The van der Waals surface area contributed by atoms with E-state index in [0.29, 0.717) is 42.7 Å². The third-order valence-electron chi connectivity index (χ3n) is 8.47. The topological polar surface area (TPSA) is 93.5 Å². The quantitative estimate of drug-likeness (QED) is 0.412. The van der Waals surface area contributed by atoms with E-state index in [-0.39, 0.29) is 11.9 Å². The van der Waals surface area contributed by atoms with Crippen LogP contribution in [-0.4, -0.2) is 59.9 Å². The number of nitrogens with one attached hydrogen (secondary N) is 1. The predicted octanol–water partition coefficient (Wildman–Crippen LogP) is 5.38. The minimum Gasteiger partial charge on any atom is -0.381 e. The van der Waals surface area contributed by atoms with Crippen molar-refractivity contribution in [2.24, 2.45) is 5.92 Å². The number of amides is 1. The van der Waals surface area contributed by atoms with Gasteiger partial charge in [0.15, 0.2) is 5.01 Å². The second-order valence-corrected chi connectivity index (χ2v) is 14.0. The molecule has 2 aliphatic heterocycles. The van der Waals surface area contributed by atoms with Crippen LogP contribution in [0.1, 0.15) is 79.7 Å². The summed E-state index contributed by atoms with van der Waals surface area (Å²) in [5.74, 6) is 0.393. The maximum atomic E-state index is 13.8. The number of rotatable bonds is 7. The van der Waals surface area contributed by atoms with Gasteiger partial charge in [-0.2, -0.15) is 12.7 Å². The zero-order valence-corrected chi connectivity index (χ0v) is 24.1. The van der Waals surface area contributed by atoms with Gasteiger partial charge in [0.2, 0.25) is 0 Å². The molecule has 6 rings (SSSR count). The molecular weight excluding hydrogens is 532 g/mol. The minimum atomic E-state index is -3.70.